The van der Waals surface area contributed by atoms with E-state index in [2.05, 4.69) is 5.32 Å². The second-order valence-electron chi connectivity index (χ2n) is 6.76. The molecule has 2 atom stereocenters. The first-order valence-corrected chi connectivity index (χ1v) is 9.81. The fourth-order valence-electron chi connectivity index (χ4n) is 1.87. The zero-order valence-corrected chi connectivity index (χ0v) is 18.3. The van der Waals surface area contributed by atoms with Crippen molar-refractivity contribution in [3.8, 4) is 0 Å². The van der Waals surface area contributed by atoms with Gasteiger partial charge < -0.3 is 5.32 Å². The fraction of sp³-hybridized carbons (Fsp3) is 1.00. The van der Waals surface area contributed by atoms with Crippen LogP contribution < -0.4 is 5.32 Å². The van der Waals surface area contributed by atoms with Gasteiger partial charge in [0.05, 0.1) is 0 Å². The second-order valence-corrected chi connectivity index (χ2v) is 8.20. The van der Waals surface area contributed by atoms with E-state index in [-0.39, 0.29) is 0 Å². The lowest BCUT2D eigenvalue weighted by Gasteiger charge is -2.44. The highest BCUT2D eigenvalue weighted by Crippen LogP contribution is 2.64. The Bertz CT molecular complexity index is 904. The van der Waals surface area contributed by atoms with Crippen molar-refractivity contribution in [3.05, 3.63) is 0 Å². The molecule has 0 aromatic carbocycles. The van der Waals surface area contributed by atoms with Gasteiger partial charge in [0, 0.05) is 0 Å². The third-order valence-corrected chi connectivity index (χ3v) is 4.74. The van der Waals surface area contributed by atoms with Crippen molar-refractivity contribution in [1.29, 1.82) is 0 Å². The van der Waals surface area contributed by atoms with Crippen LogP contribution in [0.25, 0.3) is 0 Å². The summed E-state index contributed by atoms with van der Waals surface area (Å²) in [7, 11) is -3.57. The molecule has 2 unspecified atom stereocenters. The molecule has 0 saturated heterocycles. The SMILES string of the molecule is CNC.O=S(=O)(O)C(F)C(F)(F)C(F)(F)C(F)(F)C(F)(F)C(F)(F)C(F)(F)C(F)(F)C(F)(F)C(F)C(F)F. The van der Waals surface area contributed by atoms with Crippen LogP contribution in [0.15, 0.2) is 0 Å². The van der Waals surface area contributed by atoms with Gasteiger partial charge >= 0.3 is 57.5 Å². The van der Waals surface area contributed by atoms with Gasteiger partial charge in [-0.3, -0.25) is 4.55 Å². The molecule has 0 saturated carbocycles. The molecule has 0 amide bonds. The summed E-state index contributed by atoms with van der Waals surface area (Å²) < 4.78 is 289. The van der Waals surface area contributed by atoms with Gasteiger partial charge in [-0.25, -0.2) is 17.6 Å². The number of alkyl halides is 20. The monoisotopic (exact) mass is 641 g/mol. The Balaban J connectivity index is 0. The summed E-state index contributed by atoms with van der Waals surface area (Å²) in [5.74, 6) is -69.3. The van der Waals surface area contributed by atoms with E-state index in [0.29, 0.717) is 0 Å². The lowest BCUT2D eigenvalue weighted by Crippen LogP contribution is -2.76. The highest BCUT2D eigenvalue weighted by Gasteiger charge is 2.96. The van der Waals surface area contributed by atoms with Crippen LogP contribution in [-0.2, 0) is 10.1 Å². The van der Waals surface area contributed by atoms with E-state index in [9.17, 15) is 96.2 Å². The van der Waals surface area contributed by atoms with Gasteiger partial charge in [0.25, 0.3) is 11.9 Å². The van der Waals surface area contributed by atoms with E-state index in [1.807, 2.05) is 14.1 Å². The van der Waals surface area contributed by atoms with E-state index >= 15 is 0 Å². The van der Waals surface area contributed by atoms with Crippen LogP contribution in [0.5, 0.6) is 0 Å². The maximum atomic E-state index is 13.4. The molecule has 0 fully saturated rings. The summed E-state index contributed by atoms with van der Waals surface area (Å²) in [6.07, 6.45) is -11.4. The Kier molecular flexibility index (Phi) is 11.0. The van der Waals surface area contributed by atoms with Crippen molar-refractivity contribution >= 4 is 10.1 Å². The van der Waals surface area contributed by atoms with E-state index < -0.39 is 75.6 Å². The molecule has 4 nitrogen and oxygen atoms in total. The molecule has 232 valence electrons. The Morgan fingerprint density at radius 3 is 0.947 bits per heavy atom. The normalized spacial score (nSPS) is 17.2. The minimum Gasteiger partial charge on any atom is -0.323 e. The lowest BCUT2D eigenvalue weighted by molar-refractivity contribution is -0.457. The molecule has 0 aliphatic rings. The average molecular weight is 641 g/mol. The fourth-order valence-corrected chi connectivity index (χ4v) is 2.39. The molecule has 0 radical (unpaired) electrons. The third-order valence-electron chi connectivity index (χ3n) is 3.92. The zero-order chi connectivity index (χ0) is 31.9. The third kappa shape index (κ3) is 5.54. The van der Waals surface area contributed by atoms with Gasteiger partial charge in [-0.2, -0.15) is 78.7 Å². The summed E-state index contributed by atoms with van der Waals surface area (Å²) in [5.41, 5.74) is -6.11. The second kappa shape index (κ2) is 10.8. The van der Waals surface area contributed by atoms with Crippen LogP contribution in [0, 0.1) is 0 Å². The smallest absolute Gasteiger partial charge is 0.323 e. The minimum absolute atomic E-state index is 1.88. The van der Waals surface area contributed by atoms with Crippen LogP contribution in [0.2, 0.25) is 0 Å². The van der Waals surface area contributed by atoms with E-state index in [1.165, 1.54) is 0 Å². The maximum absolute atomic E-state index is 13.4. The number of hydrogen-bond donors (Lipinski definition) is 2. The summed E-state index contributed by atoms with van der Waals surface area (Å²) in [6, 6.07) is 0. The molecule has 2 N–H and O–H groups in total. The van der Waals surface area contributed by atoms with Crippen LogP contribution in [0.1, 0.15) is 0 Å². The molecular weight excluding hydrogens is 630 g/mol. The zero-order valence-electron chi connectivity index (χ0n) is 17.5. The molecule has 38 heavy (non-hydrogen) atoms. The first-order chi connectivity index (χ1) is 16.2. The molecule has 0 bridgehead atoms. The van der Waals surface area contributed by atoms with Crippen molar-refractivity contribution in [1.82, 2.24) is 5.32 Å². The van der Waals surface area contributed by atoms with Crippen molar-refractivity contribution in [3.63, 3.8) is 0 Å². The molecule has 0 spiro atoms. The van der Waals surface area contributed by atoms with Gasteiger partial charge in [0.1, 0.15) is 0 Å². The largest absolute Gasteiger partial charge is 0.385 e. The Labute approximate surface area is 197 Å². The van der Waals surface area contributed by atoms with Gasteiger partial charge in [-0.05, 0) is 14.1 Å². The molecular formula is C13H11F20NO3S. The standard InChI is InChI=1S/C11H4F20O3S.C2H7N/c12-1(2(13)14)4(16,17)6(20,21)8(24,25)10(28,29)11(30,31)9(26,27)7(22,23)5(18,19)3(15)35(32,33)34;1-3-2/h1-3H,(H,32,33,34);3H,1-2H3. The topological polar surface area (TPSA) is 66.4 Å². The van der Waals surface area contributed by atoms with Gasteiger partial charge in [-0.15, -0.1) is 0 Å². The summed E-state index contributed by atoms with van der Waals surface area (Å²) in [5, 5.41) is 2.75. The number of nitrogens with one attached hydrogen (secondary N) is 1. The van der Waals surface area contributed by atoms with Crippen LogP contribution >= 0.6 is 0 Å². The van der Waals surface area contributed by atoms with Gasteiger partial charge in [-0.1, -0.05) is 0 Å². The maximum Gasteiger partial charge on any atom is 0.385 e. The van der Waals surface area contributed by atoms with Gasteiger partial charge in [0.15, 0.2) is 0 Å². The molecule has 0 aromatic heterocycles. The van der Waals surface area contributed by atoms with Crippen LogP contribution in [0.3, 0.4) is 0 Å². The summed E-state index contributed by atoms with van der Waals surface area (Å²) in [4.78, 5) is 0. The Morgan fingerprint density at radius 2 is 0.737 bits per heavy atom. The lowest BCUT2D eigenvalue weighted by atomic mass is 9.87. The number of halogens is 20. The first-order valence-electron chi connectivity index (χ1n) is 8.31. The van der Waals surface area contributed by atoms with E-state index in [4.69, 9.17) is 4.55 Å². The predicted molar refractivity (Wildman–Crippen MR) is 81.9 cm³/mol. The molecule has 0 aromatic rings. The Morgan fingerprint density at radius 1 is 0.526 bits per heavy atom. The molecule has 25 heteroatoms. The molecule has 0 aliphatic heterocycles. The predicted octanol–water partition coefficient (Wildman–Crippen LogP) is 5.69. The highest BCUT2D eigenvalue weighted by molar-refractivity contribution is 7.86. The van der Waals surface area contributed by atoms with Crippen molar-refractivity contribution in [2.24, 2.45) is 0 Å². The quantitative estimate of drug-likeness (QED) is 0.225. The Hall–Kier alpha value is -1.53. The highest BCUT2D eigenvalue weighted by atomic mass is 32.2. The van der Waals surface area contributed by atoms with Crippen LogP contribution in [0.4, 0.5) is 87.8 Å². The number of rotatable bonds is 11. The van der Waals surface area contributed by atoms with Crippen molar-refractivity contribution < 1.29 is 101 Å². The summed E-state index contributed by atoms with van der Waals surface area (Å²) >= 11 is 0. The van der Waals surface area contributed by atoms with Crippen molar-refractivity contribution in [2.75, 3.05) is 14.1 Å². The van der Waals surface area contributed by atoms with Crippen molar-refractivity contribution in [2.45, 2.75) is 65.5 Å². The van der Waals surface area contributed by atoms with E-state index in [1.54, 1.807) is 0 Å². The van der Waals surface area contributed by atoms with E-state index in [0.717, 1.165) is 0 Å². The molecule has 0 aliphatic carbocycles. The molecule has 0 heterocycles. The average Bonchev–Trinajstić information content (AvgIpc) is 2.71. The minimum atomic E-state index is -9.13. The first kappa shape index (κ1) is 38.6. The summed E-state index contributed by atoms with van der Waals surface area (Å²) in [6.45, 7) is 0. The van der Waals surface area contributed by atoms with Crippen LogP contribution in [-0.4, -0.2) is 92.5 Å². The number of hydrogen-bond acceptors (Lipinski definition) is 3. The molecule has 0 rings (SSSR count). The van der Waals surface area contributed by atoms with Gasteiger partial charge in [0.2, 0.25) is 6.17 Å².